The molecule has 0 unspecified atom stereocenters. The molecule has 0 saturated carbocycles. The van der Waals surface area contributed by atoms with Gasteiger partial charge in [-0.2, -0.15) is 23.5 Å². The summed E-state index contributed by atoms with van der Waals surface area (Å²) in [6.45, 7) is 10.7. The Bertz CT molecular complexity index is 765. The summed E-state index contributed by atoms with van der Waals surface area (Å²) in [5.41, 5.74) is 2.06. The fourth-order valence-electron chi connectivity index (χ4n) is 1.97. The molecule has 0 aliphatic rings. The normalized spacial score (nSPS) is 10.6. The average molecular weight is 532 g/mol. The monoisotopic (exact) mass is 530 g/mol. The Morgan fingerprint density at radius 2 is 1.10 bits per heavy atom. The first-order valence-corrected chi connectivity index (χ1v) is 12.5. The topological polar surface area (TPSA) is 52.6 Å². The van der Waals surface area contributed by atoms with Crippen LogP contribution < -0.4 is 0 Å². The van der Waals surface area contributed by atoms with Crippen molar-refractivity contribution in [2.75, 3.05) is 24.7 Å². The minimum absolute atomic E-state index is 0.247. The summed E-state index contributed by atoms with van der Waals surface area (Å²) in [5, 5.41) is 1.31. The number of carbonyl (C=O) groups is 2. The summed E-state index contributed by atoms with van der Waals surface area (Å²) < 4.78 is 10.1. The van der Waals surface area contributed by atoms with Crippen molar-refractivity contribution in [2.45, 2.75) is 25.4 Å². The maximum absolute atomic E-state index is 11.4. The number of hydrogen-bond donors (Lipinski definition) is 0. The van der Waals surface area contributed by atoms with Crippen LogP contribution in [0.5, 0.6) is 0 Å². The Balaban J connectivity index is 2.68. The van der Waals surface area contributed by atoms with Crippen molar-refractivity contribution in [1.82, 2.24) is 0 Å². The Labute approximate surface area is 205 Å². The summed E-state index contributed by atoms with van der Waals surface area (Å²) in [6, 6.07) is 0. The lowest BCUT2D eigenvalue weighted by molar-refractivity contribution is -0.139. The van der Waals surface area contributed by atoms with Gasteiger partial charge in [0.25, 0.3) is 0 Å². The number of benzene rings is 1. The summed E-state index contributed by atoms with van der Waals surface area (Å²) in [6.07, 6.45) is 0. The van der Waals surface area contributed by atoms with Gasteiger partial charge in [-0.3, -0.25) is 0 Å². The molecule has 10 heteroatoms. The van der Waals surface area contributed by atoms with E-state index in [-0.39, 0.29) is 18.2 Å². The standard InChI is InChI=1S/C20H22Cl4O4S2/c1-11(2)19(25)27-5-7-29-9-13-15(21)14(17(23)18(24)16(13)22)10-30-8-6-28-20(26)12(3)4/h1,3,5-10H2,2,4H3. The second kappa shape index (κ2) is 13.8. The highest BCUT2D eigenvalue weighted by Crippen LogP contribution is 2.43. The van der Waals surface area contributed by atoms with Gasteiger partial charge in [0.1, 0.15) is 13.2 Å². The van der Waals surface area contributed by atoms with Crippen molar-refractivity contribution < 1.29 is 19.1 Å². The SMILES string of the molecule is C=C(C)C(=O)OCCSCc1c(Cl)c(Cl)c(Cl)c(CSCCOC(=O)C(=C)C)c1Cl. The predicted molar refractivity (Wildman–Crippen MR) is 130 cm³/mol. The van der Waals surface area contributed by atoms with E-state index in [1.807, 2.05) is 0 Å². The zero-order chi connectivity index (χ0) is 22.8. The van der Waals surface area contributed by atoms with Gasteiger partial charge in [-0.15, -0.1) is 0 Å². The highest BCUT2D eigenvalue weighted by atomic mass is 35.5. The van der Waals surface area contributed by atoms with E-state index in [1.165, 1.54) is 23.5 Å². The van der Waals surface area contributed by atoms with E-state index < -0.39 is 11.9 Å². The molecule has 0 heterocycles. The zero-order valence-corrected chi connectivity index (χ0v) is 21.3. The molecule has 4 nitrogen and oxygen atoms in total. The lowest BCUT2D eigenvalue weighted by atomic mass is 10.1. The summed E-state index contributed by atoms with van der Waals surface area (Å²) >= 11 is 28.5. The van der Waals surface area contributed by atoms with Gasteiger partial charge in [-0.25, -0.2) is 9.59 Å². The van der Waals surface area contributed by atoms with Gasteiger partial charge in [-0.05, 0) is 13.8 Å². The molecule has 0 N–H and O–H groups in total. The van der Waals surface area contributed by atoms with Crippen LogP contribution >= 0.6 is 69.9 Å². The third-order valence-corrected chi connectivity index (χ3v) is 7.31. The van der Waals surface area contributed by atoms with Crippen molar-refractivity contribution >= 4 is 81.9 Å². The van der Waals surface area contributed by atoms with Crippen LogP contribution in [0.4, 0.5) is 0 Å². The van der Waals surface area contributed by atoms with Crippen molar-refractivity contribution in [3.05, 3.63) is 55.5 Å². The van der Waals surface area contributed by atoms with Gasteiger partial charge in [-0.1, -0.05) is 59.6 Å². The van der Waals surface area contributed by atoms with Crippen molar-refractivity contribution in [1.29, 1.82) is 0 Å². The zero-order valence-electron chi connectivity index (χ0n) is 16.6. The van der Waals surface area contributed by atoms with E-state index in [4.69, 9.17) is 55.9 Å². The molecule has 0 amide bonds. The third-order valence-electron chi connectivity index (χ3n) is 3.56. The van der Waals surface area contributed by atoms with E-state index in [1.54, 1.807) is 13.8 Å². The molecule has 0 bridgehead atoms. The second-order valence-corrected chi connectivity index (χ2v) is 9.87. The maximum Gasteiger partial charge on any atom is 0.333 e. The third kappa shape index (κ3) is 8.56. The maximum atomic E-state index is 11.4. The molecule has 0 fully saturated rings. The lowest BCUT2D eigenvalue weighted by Gasteiger charge is -2.16. The molecule has 0 radical (unpaired) electrons. The fraction of sp³-hybridized carbons (Fsp3) is 0.400. The molecular formula is C20H22Cl4O4S2. The van der Waals surface area contributed by atoms with Gasteiger partial charge in [0.2, 0.25) is 0 Å². The first kappa shape index (κ1) is 27.5. The number of hydrogen-bond acceptors (Lipinski definition) is 6. The van der Waals surface area contributed by atoms with Crippen LogP contribution in [0.1, 0.15) is 25.0 Å². The van der Waals surface area contributed by atoms with Crippen LogP contribution in [0.2, 0.25) is 20.1 Å². The number of halogens is 4. The smallest absolute Gasteiger partial charge is 0.333 e. The number of ether oxygens (including phenoxy) is 2. The van der Waals surface area contributed by atoms with Crippen LogP contribution in [0.15, 0.2) is 24.3 Å². The fourth-order valence-corrected chi connectivity index (χ4v) is 5.17. The van der Waals surface area contributed by atoms with Gasteiger partial charge in [0.15, 0.2) is 0 Å². The molecule has 30 heavy (non-hydrogen) atoms. The number of carbonyl (C=O) groups excluding carboxylic acids is 2. The van der Waals surface area contributed by atoms with Gasteiger partial charge in [0.05, 0.1) is 20.1 Å². The minimum atomic E-state index is -0.422. The molecule has 1 aromatic rings. The van der Waals surface area contributed by atoms with E-state index in [9.17, 15) is 9.59 Å². The first-order valence-electron chi connectivity index (χ1n) is 8.72. The summed E-state index contributed by atoms with van der Waals surface area (Å²) in [4.78, 5) is 22.8. The molecule has 166 valence electrons. The van der Waals surface area contributed by atoms with Crippen LogP contribution in [0.3, 0.4) is 0 Å². The highest BCUT2D eigenvalue weighted by molar-refractivity contribution is 7.98. The van der Waals surface area contributed by atoms with Crippen LogP contribution in [0, 0.1) is 0 Å². The number of thioether (sulfide) groups is 2. The molecule has 0 saturated heterocycles. The largest absolute Gasteiger partial charge is 0.461 e. The predicted octanol–water partition coefficient (Wildman–Crippen LogP) is 7.01. The van der Waals surface area contributed by atoms with Crippen molar-refractivity contribution in [3.63, 3.8) is 0 Å². The first-order chi connectivity index (χ1) is 14.1. The van der Waals surface area contributed by atoms with Crippen LogP contribution in [-0.4, -0.2) is 36.7 Å². The summed E-state index contributed by atoms with van der Waals surface area (Å²) in [7, 11) is 0. The van der Waals surface area contributed by atoms with Crippen molar-refractivity contribution in [2.24, 2.45) is 0 Å². The Kier molecular flexibility index (Phi) is 12.7. The van der Waals surface area contributed by atoms with E-state index in [0.717, 1.165) is 0 Å². The van der Waals surface area contributed by atoms with Crippen LogP contribution in [-0.2, 0) is 30.6 Å². The summed E-state index contributed by atoms with van der Waals surface area (Å²) in [5.74, 6) is 1.23. The highest BCUT2D eigenvalue weighted by Gasteiger charge is 2.20. The van der Waals surface area contributed by atoms with E-state index >= 15 is 0 Å². The quantitative estimate of drug-likeness (QED) is 0.0950. The Hall–Kier alpha value is -0.500. The van der Waals surface area contributed by atoms with E-state index in [2.05, 4.69) is 13.2 Å². The molecule has 1 rings (SSSR count). The van der Waals surface area contributed by atoms with E-state index in [0.29, 0.717) is 60.4 Å². The molecule has 0 spiro atoms. The molecule has 1 aromatic carbocycles. The Morgan fingerprint density at radius 1 is 0.733 bits per heavy atom. The Morgan fingerprint density at radius 3 is 1.43 bits per heavy atom. The number of esters is 2. The molecule has 0 aromatic heterocycles. The lowest BCUT2D eigenvalue weighted by Crippen LogP contribution is -2.08. The van der Waals surface area contributed by atoms with Gasteiger partial charge < -0.3 is 9.47 Å². The van der Waals surface area contributed by atoms with Gasteiger partial charge in [0, 0.05) is 45.3 Å². The van der Waals surface area contributed by atoms with Gasteiger partial charge >= 0.3 is 11.9 Å². The van der Waals surface area contributed by atoms with Crippen LogP contribution in [0.25, 0.3) is 0 Å². The molecule has 0 atom stereocenters. The average Bonchev–Trinajstić information content (AvgIpc) is 2.69. The molecule has 0 aliphatic carbocycles. The minimum Gasteiger partial charge on any atom is -0.461 e. The molecule has 0 aliphatic heterocycles. The molecular weight excluding hydrogens is 510 g/mol. The second-order valence-electron chi connectivity index (χ2n) is 6.15. The number of rotatable bonds is 12. The van der Waals surface area contributed by atoms with Crippen molar-refractivity contribution in [3.8, 4) is 0 Å².